The van der Waals surface area contributed by atoms with Crippen molar-refractivity contribution in [3.05, 3.63) is 36.0 Å². The molecule has 0 saturated carbocycles. The van der Waals surface area contributed by atoms with Gasteiger partial charge in [0, 0.05) is 12.4 Å². The van der Waals surface area contributed by atoms with E-state index in [0.29, 0.717) is 0 Å². The van der Waals surface area contributed by atoms with E-state index in [-0.39, 0.29) is 6.04 Å². The molecule has 0 aromatic carbocycles. The molecule has 0 radical (unpaired) electrons. The molecule has 0 aliphatic heterocycles. The van der Waals surface area contributed by atoms with Crippen LogP contribution < -0.4 is 5.32 Å². The number of aromatic amines is 1. The van der Waals surface area contributed by atoms with Crippen LogP contribution >= 0.6 is 11.3 Å². The van der Waals surface area contributed by atoms with Crippen molar-refractivity contribution in [2.75, 3.05) is 5.32 Å². The van der Waals surface area contributed by atoms with Gasteiger partial charge in [-0.05, 0) is 17.9 Å². The van der Waals surface area contributed by atoms with Crippen molar-refractivity contribution in [3.8, 4) is 0 Å². The van der Waals surface area contributed by atoms with E-state index in [1.165, 1.54) is 0 Å². The molecule has 0 fully saturated rings. The van der Waals surface area contributed by atoms with Gasteiger partial charge in [0.05, 0.1) is 16.3 Å². The molecule has 0 aliphatic rings. The summed E-state index contributed by atoms with van der Waals surface area (Å²) in [6.45, 7) is 2.12. The van der Waals surface area contributed by atoms with Gasteiger partial charge >= 0.3 is 0 Å². The number of rotatable bonds is 4. The zero-order valence-electron chi connectivity index (χ0n) is 9.92. The monoisotopic (exact) mass is 259 g/mol. The van der Waals surface area contributed by atoms with Crippen molar-refractivity contribution in [1.29, 1.82) is 0 Å². The molecule has 1 unspecified atom stereocenters. The first-order valence-corrected chi connectivity index (χ1v) is 6.70. The third-order valence-corrected chi connectivity index (χ3v) is 3.72. The number of aromatic nitrogens is 4. The number of imidazole rings is 1. The molecule has 1 atom stereocenters. The lowest BCUT2D eigenvalue weighted by Crippen LogP contribution is -2.12. The maximum Gasteiger partial charge on any atom is 0.148 e. The van der Waals surface area contributed by atoms with E-state index in [1.54, 1.807) is 23.9 Å². The first-order valence-electron chi connectivity index (χ1n) is 5.82. The van der Waals surface area contributed by atoms with Gasteiger partial charge in [0.15, 0.2) is 0 Å². The lowest BCUT2D eigenvalue weighted by atomic mass is 10.2. The molecule has 18 heavy (non-hydrogen) atoms. The number of thiophene rings is 1. The van der Waals surface area contributed by atoms with Crippen molar-refractivity contribution in [3.63, 3.8) is 0 Å². The van der Waals surface area contributed by atoms with Crippen molar-refractivity contribution in [2.45, 2.75) is 19.4 Å². The summed E-state index contributed by atoms with van der Waals surface area (Å²) in [6, 6.07) is 2.14. The zero-order valence-corrected chi connectivity index (χ0v) is 10.7. The summed E-state index contributed by atoms with van der Waals surface area (Å²) in [4.78, 5) is 16.0. The standard InChI is InChI=1S/C12H13N5S/c1-2-8(11-13-4-5-14-11)17-12-10-9(3-6-18-10)15-7-16-12/h3-8H,2H2,1H3,(H,13,14)(H,15,16,17). The largest absolute Gasteiger partial charge is 0.359 e. The highest BCUT2D eigenvalue weighted by Gasteiger charge is 2.14. The van der Waals surface area contributed by atoms with Crippen molar-refractivity contribution in [1.82, 2.24) is 19.9 Å². The highest BCUT2D eigenvalue weighted by Crippen LogP contribution is 2.28. The maximum atomic E-state index is 4.32. The van der Waals surface area contributed by atoms with E-state index >= 15 is 0 Å². The molecule has 92 valence electrons. The summed E-state index contributed by atoms with van der Waals surface area (Å²) in [6.07, 6.45) is 6.12. The fourth-order valence-electron chi connectivity index (χ4n) is 1.89. The minimum absolute atomic E-state index is 0.139. The molecular formula is C12H13N5S. The molecule has 0 aliphatic carbocycles. The van der Waals surface area contributed by atoms with Gasteiger partial charge < -0.3 is 10.3 Å². The fourth-order valence-corrected chi connectivity index (χ4v) is 2.69. The van der Waals surface area contributed by atoms with Crippen LogP contribution in [0.3, 0.4) is 0 Å². The van der Waals surface area contributed by atoms with Crippen LogP contribution in [-0.4, -0.2) is 19.9 Å². The number of hydrogen-bond acceptors (Lipinski definition) is 5. The molecule has 2 N–H and O–H groups in total. The van der Waals surface area contributed by atoms with E-state index in [0.717, 1.165) is 28.3 Å². The van der Waals surface area contributed by atoms with E-state index in [1.807, 2.05) is 17.6 Å². The molecule has 5 nitrogen and oxygen atoms in total. The second-order valence-electron chi connectivity index (χ2n) is 3.94. The van der Waals surface area contributed by atoms with Crippen LogP contribution in [0.5, 0.6) is 0 Å². The lowest BCUT2D eigenvalue weighted by Gasteiger charge is -2.15. The Morgan fingerprint density at radius 2 is 2.33 bits per heavy atom. The molecule has 3 rings (SSSR count). The average Bonchev–Trinajstić information content (AvgIpc) is 3.06. The summed E-state index contributed by atoms with van der Waals surface area (Å²) in [7, 11) is 0. The van der Waals surface area contributed by atoms with E-state index in [4.69, 9.17) is 0 Å². The van der Waals surface area contributed by atoms with E-state index in [2.05, 4.69) is 32.2 Å². The molecule has 3 heterocycles. The minimum atomic E-state index is 0.139. The summed E-state index contributed by atoms with van der Waals surface area (Å²) in [5, 5.41) is 5.45. The highest BCUT2D eigenvalue weighted by molar-refractivity contribution is 7.17. The molecule has 3 aromatic heterocycles. The Bertz CT molecular complexity index is 631. The van der Waals surface area contributed by atoms with Crippen LogP contribution in [0.25, 0.3) is 10.2 Å². The Labute approximate surface area is 108 Å². The molecule has 6 heteroatoms. The van der Waals surface area contributed by atoms with Crippen molar-refractivity contribution >= 4 is 27.4 Å². The average molecular weight is 259 g/mol. The maximum absolute atomic E-state index is 4.32. The number of hydrogen-bond donors (Lipinski definition) is 2. The fraction of sp³-hybridized carbons (Fsp3) is 0.250. The normalized spacial score (nSPS) is 12.7. The number of nitrogens with one attached hydrogen (secondary N) is 2. The van der Waals surface area contributed by atoms with Crippen LogP contribution in [0.2, 0.25) is 0 Å². The number of H-pyrrole nitrogens is 1. The van der Waals surface area contributed by atoms with Gasteiger partial charge in [0.2, 0.25) is 0 Å². The summed E-state index contributed by atoms with van der Waals surface area (Å²) < 4.78 is 1.09. The van der Waals surface area contributed by atoms with Crippen molar-refractivity contribution < 1.29 is 0 Å². The van der Waals surface area contributed by atoms with Crippen molar-refractivity contribution in [2.24, 2.45) is 0 Å². The third-order valence-electron chi connectivity index (χ3n) is 2.81. The number of anilines is 1. The van der Waals surface area contributed by atoms with Crippen LogP contribution in [-0.2, 0) is 0 Å². The van der Waals surface area contributed by atoms with E-state index < -0.39 is 0 Å². The Kier molecular flexibility index (Phi) is 2.93. The molecule has 0 spiro atoms. The highest BCUT2D eigenvalue weighted by atomic mass is 32.1. The van der Waals surface area contributed by atoms with Gasteiger partial charge in [0.1, 0.15) is 18.0 Å². The lowest BCUT2D eigenvalue weighted by molar-refractivity contribution is 0.701. The topological polar surface area (TPSA) is 66.5 Å². The SMILES string of the molecule is CCC(Nc1ncnc2ccsc12)c1ncc[nH]1. The first-order chi connectivity index (χ1) is 8.88. The Balaban J connectivity index is 1.93. The summed E-state index contributed by atoms with van der Waals surface area (Å²) in [5.41, 5.74) is 0.979. The molecular weight excluding hydrogens is 246 g/mol. The minimum Gasteiger partial charge on any atom is -0.359 e. The Morgan fingerprint density at radius 1 is 1.39 bits per heavy atom. The molecule has 0 saturated heterocycles. The van der Waals surface area contributed by atoms with Crippen LogP contribution in [0, 0.1) is 0 Å². The quantitative estimate of drug-likeness (QED) is 0.756. The second-order valence-corrected chi connectivity index (χ2v) is 4.85. The van der Waals surface area contributed by atoms with Gasteiger partial charge in [-0.15, -0.1) is 11.3 Å². The van der Waals surface area contributed by atoms with Gasteiger partial charge in [-0.3, -0.25) is 0 Å². The Hall–Kier alpha value is -1.95. The predicted molar refractivity (Wildman–Crippen MR) is 72.7 cm³/mol. The van der Waals surface area contributed by atoms with Crippen LogP contribution in [0.4, 0.5) is 5.82 Å². The van der Waals surface area contributed by atoms with Crippen LogP contribution in [0.1, 0.15) is 25.2 Å². The van der Waals surface area contributed by atoms with Gasteiger partial charge in [-0.2, -0.15) is 0 Å². The molecule has 0 bridgehead atoms. The number of nitrogens with zero attached hydrogens (tertiary/aromatic N) is 3. The third kappa shape index (κ3) is 1.95. The second kappa shape index (κ2) is 4.73. The summed E-state index contributed by atoms with van der Waals surface area (Å²) in [5.74, 6) is 1.80. The smallest absolute Gasteiger partial charge is 0.148 e. The summed E-state index contributed by atoms with van der Waals surface area (Å²) >= 11 is 1.65. The number of fused-ring (bicyclic) bond motifs is 1. The molecule has 3 aromatic rings. The Morgan fingerprint density at radius 3 is 3.11 bits per heavy atom. The predicted octanol–water partition coefficient (Wildman–Crippen LogP) is 2.98. The van der Waals surface area contributed by atoms with Gasteiger partial charge in [0.25, 0.3) is 0 Å². The zero-order chi connectivity index (χ0) is 12.4. The van der Waals surface area contributed by atoms with Crippen LogP contribution in [0.15, 0.2) is 30.2 Å². The van der Waals surface area contributed by atoms with Gasteiger partial charge in [-0.25, -0.2) is 15.0 Å². The first kappa shape index (κ1) is 11.2. The van der Waals surface area contributed by atoms with E-state index in [9.17, 15) is 0 Å². The molecule has 0 amide bonds. The van der Waals surface area contributed by atoms with Gasteiger partial charge in [-0.1, -0.05) is 6.92 Å².